The standard InChI is InChI=1S/C22H27BrN2OS2/c1-16(19-10-5-6-13-24-19)25(2)22(26)15-27-20-11-3-4-12-21(20)28-18-9-7-8-17(23)14-18/h5-10,13-14,16,20-21H,3-4,11-12,15H2,1-2H3. The Hall–Kier alpha value is -0.980. The van der Waals surface area contributed by atoms with Crippen LogP contribution < -0.4 is 0 Å². The fourth-order valence-electron chi connectivity index (χ4n) is 3.42. The van der Waals surface area contributed by atoms with Crippen molar-refractivity contribution in [2.24, 2.45) is 0 Å². The van der Waals surface area contributed by atoms with Gasteiger partial charge in [-0.2, -0.15) is 0 Å². The Bertz CT molecular complexity index is 774. The van der Waals surface area contributed by atoms with E-state index in [1.54, 1.807) is 6.20 Å². The first-order valence-corrected chi connectivity index (χ1v) is 12.5. The molecule has 28 heavy (non-hydrogen) atoms. The van der Waals surface area contributed by atoms with Crippen molar-refractivity contribution in [2.45, 2.75) is 54.0 Å². The zero-order valence-corrected chi connectivity index (χ0v) is 19.6. The first-order valence-electron chi connectivity index (χ1n) is 9.75. The summed E-state index contributed by atoms with van der Waals surface area (Å²) in [4.78, 5) is 20.3. The van der Waals surface area contributed by atoms with Crippen molar-refractivity contribution >= 4 is 45.4 Å². The zero-order valence-electron chi connectivity index (χ0n) is 16.4. The van der Waals surface area contributed by atoms with Gasteiger partial charge in [0.15, 0.2) is 0 Å². The van der Waals surface area contributed by atoms with Crippen LogP contribution in [0.15, 0.2) is 58.0 Å². The van der Waals surface area contributed by atoms with Crippen molar-refractivity contribution in [1.29, 1.82) is 0 Å². The Morgan fingerprint density at radius 3 is 2.71 bits per heavy atom. The summed E-state index contributed by atoms with van der Waals surface area (Å²) < 4.78 is 1.12. The Morgan fingerprint density at radius 1 is 1.21 bits per heavy atom. The maximum absolute atomic E-state index is 12.8. The fourth-order valence-corrected chi connectivity index (χ4v) is 6.89. The molecule has 1 heterocycles. The molecule has 2 aromatic rings. The number of rotatable bonds is 7. The molecule has 0 spiro atoms. The number of amides is 1. The van der Waals surface area contributed by atoms with E-state index >= 15 is 0 Å². The lowest BCUT2D eigenvalue weighted by Gasteiger charge is -2.31. The molecule has 3 rings (SSSR count). The number of carbonyl (C=O) groups is 1. The number of pyridine rings is 1. The van der Waals surface area contributed by atoms with Gasteiger partial charge in [0.05, 0.1) is 17.5 Å². The third-order valence-electron chi connectivity index (χ3n) is 5.24. The van der Waals surface area contributed by atoms with E-state index in [4.69, 9.17) is 0 Å². The highest BCUT2D eigenvalue weighted by Gasteiger charge is 2.28. The van der Waals surface area contributed by atoms with Crippen LogP contribution in [-0.4, -0.2) is 39.1 Å². The maximum atomic E-state index is 12.8. The van der Waals surface area contributed by atoms with E-state index in [0.717, 1.165) is 10.2 Å². The van der Waals surface area contributed by atoms with Crippen molar-refractivity contribution < 1.29 is 4.79 Å². The van der Waals surface area contributed by atoms with Gasteiger partial charge in [0.25, 0.3) is 0 Å². The van der Waals surface area contributed by atoms with Crippen molar-refractivity contribution in [3.05, 3.63) is 58.8 Å². The Kier molecular flexibility index (Phi) is 8.30. The summed E-state index contributed by atoms with van der Waals surface area (Å²) in [7, 11) is 1.89. The number of aromatic nitrogens is 1. The average Bonchev–Trinajstić information content (AvgIpc) is 2.72. The lowest BCUT2D eigenvalue weighted by molar-refractivity contribution is -0.129. The molecular formula is C22H27BrN2OS2. The van der Waals surface area contributed by atoms with Gasteiger partial charge in [-0.15, -0.1) is 23.5 Å². The lowest BCUT2D eigenvalue weighted by atomic mass is 10.00. The molecule has 1 amide bonds. The van der Waals surface area contributed by atoms with Crippen molar-refractivity contribution in [2.75, 3.05) is 12.8 Å². The monoisotopic (exact) mass is 478 g/mol. The lowest BCUT2D eigenvalue weighted by Crippen LogP contribution is -2.33. The van der Waals surface area contributed by atoms with E-state index in [-0.39, 0.29) is 11.9 Å². The topological polar surface area (TPSA) is 33.2 Å². The quantitative estimate of drug-likeness (QED) is 0.474. The molecular weight excluding hydrogens is 452 g/mol. The van der Waals surface area contributed by atoms with Crippen LogP contribution in [0.4, 0.5) is 0 Å². The molecule has 3 atom stereocenters. The molecule has 1 aliphatic rings. The van der Waals surface area contributed by atoms with Gasteiger partial charge in [-0.05, 0) is 50.1 Å². The first kappa shape index (κ1) is 21.7. The summed E-state index contributed by atoms with van der Waals surface area (Å²) >= 11 is 7.36. The van der Waals surface area contributed by atoms with Gasteiger partial charge in [0.1, 0.15) is 0 Å². The van der Waals surface area contributed by atoms with Gasteiger partial charge in [0, 0.05) is 33.1 Å². The van der Waals surface area contributed by atoms with Crippen LogP contribution >= 0.6 is 39.5 Å². The SMILES string of the molecule is CC(c1ccccn1)N(C)C(=O)CSC1CCCCC1Sc1cccc(Br)c1. The van der Waals surface area contributed by atoms with Crippen LogP contribution in [0.25, 0.3) is 0 Å². The van der Waals surface area contributed by atoms with E-state index in [1.165, 1.54) is 30.6 Å². The minimum atomic E-state index is -0.00695. The number of halogens is 1. The second-order valence-corrected chi connectivity index (χ2v) is 10.6. The smallest absolute Gasteiger partial charge is 0.232 e. The normalized spacial score (nSPS) is 20.5. The van der Waals surface area contributed by atoms with Crippen molar-refractivity contribution in [1.82, 2.24) is 9.88 Å². The van der Waals surface area contributed by atoms with Gasteiger partial charge in [-0.3, -0.25) is 9.78 Å². The number of nitrogens with zero attached hydrogens (tertiary/aromatic N) is 2. The molecule has 1 saturated carbocycles. The van der Waals surface area contributed by atoms with Crippen LogP contribution in [0.1, 0.15) is 44.3 Å². The highest BCUT2D eigenvalue weighted by Crippen LogP contribution is 2.40. The number of carbonyl (C=O) groups excluding carboxylic acids is 1. The molecule has 3 nitrogen and oxygen atoms in total. The zero-order chi connectivity index (χ0) is 19.9. The predicted octanol–water partition coefficient (Wildman–Crippen LogP) is 6.20. The van der Waals surface area contributed by atoms with E-state index in [0.29, 0.717) is 16.3 Å². The molecule has 1 aromatic heterocycles. The Labute approximate surface area is 185 Å². The molecule has 0 aliphatic heterocycles. The van der Waals surface area contributed by atoms with Crippen LogP contribution in [0.2, 0.25) is 0 Å². The number of hydrogen-bond donors (Lipinski definition) is 0. The highest BCUT2D eigenvalue weighted by molar-refractivity contribution is 9.10. The minimum Gasteiger partial charge on any atom is -0.337 e. The number of benzene rings is 1. The van der Waals surface area contributed by atoms with Gasteiger partial charge in [-0.25, -0.2) is 0 Å². The van der Waals surface area contributed by atoms with Crippen LogP contribution in [-0.2, 0) is 4.79 Å². The summed E-state index contributed by atoms with van der Waals surface area (Å²) in [5.74, 6) is 0.716. The fraction of sp³-hybridized carbons (Fsp3) is 0.455. The second kappa shape index (κ2) is 10.7. The van der Waals surface area contributed by atoms with Gasteiger partial charge >= 0.3 is 0 Å². The van der Waals surface area contributed by atoms with Gasteiger partial charge in [-0.1, -0.05) is 40.9 Å². The minimum absolute atomic E-state index is 0.00695. The van der Waals surface area contributed by atoms with Crippen LogP contribution in [0.5, 0.6) is 0 Å². The molecule has 0 saturated heterocycles. The third kappa shape index (κ3) is 6.01. The van der Waals surface area contributed by atoms with Gasteiger partial charge in [0.2, 0.25) is 5.91 Å². The maximum Gasteiger partial charge on any atom is 0.232 e. The molecule has 0 radical (unpaired) electrons. The summed E-state index contributed by atoms with van der Waals surface area (Å²) in [6, 6.07) is 14.4. The molecule has 6 heteroatoms. The highest BCUT2D eigenvalue weighted by atomic mass is 79.9. The molecule has 3 unspecified atom stereocenters. The van der Waals surface area contributed by atoms with Crippen molar-refractivity contribution in [3.8, 4) is 0 Å². The first-order chi connectivity index (χ1) is 13.5. The third-order valence-corrected chi connectivity index (χ3v) is 8.70. The molecule has 150 valence electrons. The van der Waals surface area contributed by atoms with Gasteiger partial charge < -0.3 is 4.90 Å². The Balaban J connectivity index is 1.56. The Morgan fingerprint density at radius 2 is 2.00 bits per heavy atom. The van der Waals surface area contributed by atoms with E-state index in [1.807, 2.05) is 60.6 Å². The summed E-state index contributed by atoms with van der Waals surface area (Å²) in [6.07, 6.45) is 6.76. The van der Waals surface area contributed by atoms with Crippen molar-refractivity contribution in [3.63, 3.8) is 0 Å². The average molecular weight is 480 g/mol. The summed E-state index contributed by atoms with van der Waals surface area (Å²) in [5, 5.41) is 1.10. The molecule has 1 aromatic carbocycles. The predicted molar refractivity (Wildman–Crippen MR) is 124 cm³/mol. The molecule has 1 aliphatic carbocycles. The molecule has 1 fully saturated rings. The van der Waals surface area contributed by atoms with E-state index < -0.39 is 0 Å². The van der Waals surface area contributed by atoms with E-state index in [9.17, 15) is 4.79 Å². The summed E-state index contributed by atoms with van der Waals surface area (Å²) in [6.45, 7) is 2.04. The van der Waals surface area contributed by atoms with E-state index in [2.05, 4.69) is 45.2 Å². The summed E-state index contributed by atoms with van der Waals surface area (Å²) in [5.41, 5.74) is 0.934. The van der Waals surface area contributed by atoms with Crippen LogP contribution in [0, 0.1) is 0 Å². The second-order valence-electron chi connectivity index (χ2n) is 7.18. The molecule has 0 N–H and O–H groups in total. The van der Waals surface area contributed by atoms with Crippen LogP contribution in [0.3, 0.4) is 0 Å². The number of hydrogen-bond acceptors (Lipinski definition) is 4. The molecule has 0 bridgehead atoms. The largest absolute Gasteiger partial charge is 0.337 e. The number of thioether (sulfide) groups is 2.